The Hall–Kier alpha value is -1.11. The SMILES string of the molecule is CCOc1ccc(S(=O)(=O)N2CCCCC2C)cc1CO. The molecule has 1 atom stereocenters. The first-order valence-electron chi connectivity index (χ1n) is 7.39. The molecule has 1 aliphatic rings. The number of aliphatic hydroxyl groups excluding tert-OH is 1. The van der Waals surface area contributed by atoms with Gasteiger partial charge in [0, 0.05) is 18.2 Å². The van der Waals surface area contributed by atoms with Gasteiger partial charge in [-0.25, -0.2) is 8.42 Å². The van der Waals surface area contributed by atoms with E-state index in [1.54, 1.807) is 16.4 Å². The number of piperidine rings is 1. The molecule has 1 saturated heterocycles. The van der Waals surface area contributed by atoms with Gasteiger partial charge < -0.3 is 9.84 Å². The van der Waals surface area contributed by atoms with Crippen molar-refractivity contribution >= 4 is 10.0 Å². The zero-order valence-corrected chi connectivity index (χ0v) is 13.4. The number of hydrogen-bond donors (Lipinski definition) is 1. The highest BCUT2D eigenvalue weighted by atomic mass is 32.2. The van der Waals surface area contributed by atoms with E-state index in [9.17, 15) is 13.5 Å². The third-order valence-corrected chi connectivity index (χ3v) is 5.86. The Bertz CT molecular complexity index is 585. The van der Waals surface area contributed by atoms with E-state index in [0.29, 0.717) is 24.5 Å². The minimum Gasteiger partial charge on any atom is -0.494 e. The zero-order valence-electron chi connectivity index (χ0n) is 12.6. The molecule has 0 aliphatic carbocycles. The van der Waals surface area contributed by atoms with E-state index in [2.05, 4.69) is 0 Å². The second kappa shape index (κ2) is 6.77. The van der Waals surface area contributed by atoms with E-state index < -0.39 is 10.0 Å². The van der Waals surface area contributed by atoms with Crippen LogP contribution in [0.2, 0.25) is 0 Å². The van der Waals surface area contributed by atoms with Crippen LogP contribution in [0.4, 0.5) is 0 Å². The topological polar surface area (TPSA) is 66.8 Å². The van der Waals surface area contributed by atoms with E-state index in [-0.39, 0.29) is 17.5 Å². The molecule has 6 heteroatoms. The van der Waals surface area contributed by atoms with Gasteiger partial charge in [0.05, 0.1) is 18.1 Å². The maximum Gasteiger partial charge on any atom is 0.243 e. The summed E-state index contributed by atoms with van der Waals surface area (Å²) in [5, 5.41) is 9.41. The molecule has 1 fully saturated rings. The lowest BCUT2D eigenvalue weighted by atomic mass is 10.1. The molecule has 1 aromatic carbocycles. The first kappa shape index (κ1) is 16.3. The quantitative estimate of drug-likeness (QED) is 0.904. The molecule has 0 amide bonds. The Morgan fingerprint density at radius 1 is 1.38 bits per heavy atom. The van der Waals surface area contributed by atoms with E-state index in [1.807, 2.05) is 13.8 Å². The van der Waals surface area contributed by atoms with Crippen molar-refractivity contribution < 1.29 is 18.3 Å². The van der Waals surface area contributed by atoms with Crippen molar-refractivity contribution in [2.24, 2.45) is 0 Å². The zero-order chi connectivity index (χ0) is 15.5. The summed E-state index contributed by atoms with van der Waals surface area (Å²) < 4.78 is 32.4. The Kier molecular flexibility index (Phi) is 5.24. The summed E-state index contributed by atoms with van der Waals surface area (Å²) in [5.74, 6) is 0.533. The Labute approximate surface area is 126 Å². The molecule has 118 valence electrons. The molecule has 0 bridgehead atoms. The molecule has 21 heavy (non-hydrogen) atoms. The first-order valence-corrected chi connectivity index (χ1v) is 8.83. The van der Waals surface area contributed by atoms with Crippen molar-refractivity contribution in [3.05, 3.63) is 23.8 Å². The predicted octanol–water partition coefficient (Wildman–Crippen LogP) is 2.14. The lowest BCUT2D eigenvalue weighted by Crippen LogP contribution is -2.41. The van der Waals surface area contributed by atoms with Crippen LogP contribution in [0.15, 0.2) is 23.1 Å². The number of nitrogens with zero attached hydrogens (tertiary/aromatic N) is 1. The summed E-state index contributed by atoms with van der Waals surface area (Å²) in [5.41, 5.74) is 0.502. The highest BCUT2D eigenvalue weighted by Gasteiger charge is 2.31. The van der Waals surface area contributed by atoms with E-state index in [0.717, 1.165) is 19.3 Å². The van der Waals surface area contributed by atoms with Crippen LogP contribution in [-0.2, 0) is 16.6 Å². The first-order chi connectivity index (χ1) is 10.0. The molecular formula is C15H23NO4S. The molecule has 2 rings (SSSR count). The number of benzene rings is 1. The molecule has 1 N–H and O–H groups in total. The van der Waals surface area contributed by atoms with Gasteiger partial charge in [-0.05, 0) is 44.9 Å². The van der Waals surface area contributed by atoms with Crippen LogP contribution in [0, 0.1) is 0 Å². The summed E-state index contributed by atoms with van der Waals surface area (Å²) in [6.07, 6.45) is 2.86. The predicted molar refractivity (Wildman–Crippen MR) is 80.7 cm³/mol. The van der Waals surface area contributed by atoms with Gasteiger partial charge in [0.2, 0.25) is 10.0 Å². The van der Waals surface area contributed by atoms with Gasteiger partial charge >= 0.3 is 0 Å². The van der Waals surface area contributed by atoms with Crippen molar-refractivity contribution in [2.45, 2.75) is 50.7 Å². The van der Waals surface area contributed by atoms with E-state index in [4.69, 9.17) is 4.74 Å². The smallest absolute Gasteiger partial charge is 0.243 e. The Balaban J connectivity index is 2.35. The molecule has 0 saturated carbocycles. The molecule has 1 aliphatic heterocycles. The largest absolute Gasteiger partial charge is 0.494 e. The maximum atomic E-state index is 12.7. The van der Waals surface area contributed by atoms with Crippen molar-refractivity contribution in [2.75, 3.05) is 13.2 Å². The third kappa shape index (κ3) is 3.39. The highest BCUT2D eigenvalue weighted by molar-refractivity contribution is 7.89. The average Bonchev–Trinajstić information content (AvgIpc) is 2.48. The van der Waals surface area contributed by atoms with Crippen LogP contribution in [0.1, 0.15) is 38.7 Å². The maximum absolute atomic E-state index is 12.7. The number of sulfonamides is 1. The van der Waals surface area contributed by atoms with Crippen molar-refractivity contribution in [1.29, 1.82) is 0 Å². The summed E-state index contributed by atoms with van der Waals surface area (Å²) in [4.78, 5) is 0.226. The minimum atomic E-state index is -3.51. The second-order valence-electron chi connectivity index (χ2n) is 5.32. The summed E-state index contributed by atoms with van der Waals surface area (Å²) in [7, 11) is -3.51. The lowest BCUT2D eigenvalue weighted by Gasteiger charge is -2.32. The van der Waals surface area contributed by atoms with Gasteiger partial charge in [-0.3, -0.25) is 0 Å². The summed E-state index contributed by atoms with van der Waals surface area (Å²) in [6.45, 7) is 4.58. The van der Waals surface area contributed by atoms with Crippen LogP contribution in [0.5, 0.6) is 5.75 Å². The highest BCUT2D eigenvalue weighted by Crippen LogP contribution is 2.28. The van der Waals surface area contributed by atoms with Gasteiger partial charge in [0.15, 0.2) is 0 Å². The molecule has 0 spiro atoms. The van der Waals surface area contributed by atoms with Gasteiger partial charge in [0.1, 0.15) is 5.75 Å². The average molecular weight is 313 g/mol. The Morgan fingerprint density at radius 3 is 2.76 bits per heavy atom. The number of aliphatic hydroxyl groups is 1. The summed E-state index contributed by atoms with van der Waals surface area (Å²) in [6, 6.07) is 4.71. The lowest BCUT2D eigenvalue weighted by molar-refractivity contribution is 0.264. The Morgan fingerprint density at radius 2 is 2.14 bits per heavy atom. The number of ether oxygens (including phenoxy) is 1. The van der Waals surface area contributed by atoms with Crippen LogP contribution >= 0.6 is 0 Å². The van der Waals surface area contributed by atoms with Crippen LogP contribution in [-0.4, -0.2) is 37.0 Å². The van der Waals surface area contributed by atoms with Gasteiger partial charge in [-0.2, -0.15) is 4.31 Å². The van der Waals surface area contributed by atoms with Crippen molar-refractivity contribution in [3.63, 3.8) is 0 Å². The van der Waals surface area contributed by atoms with Crippen LogP contribution in [0.25, 0.3) is 0 Å². The third-order valence-electron chi connectivity index (χ3n) is 3.85. The minimum absolute atomic E-state index is 0.0212. The molecule has 1 heterocycles. The van der Waals surface area contributed by atoms with E-state index >= 15 is 0 Å². The fraction of sp³-hybridized carbons (Fsp3) is 0.600. The second-order valence-corrected chi connectivity index (χ2v) is 7.21. The molecule has 5 nitrogen and oxygen atoms in total. The molecule has 1 unspecified atom stereocenters. The number of rotatable bonds is 5. The monoisotopic (exact) mass is 313 g/mol. The van der Waals surface area contributed by atoms with Crippen molar-refractivity contribution in [1.82, 2.24) is 4.31 Å². The normalized spacial score (nSPS) is 20.4. The fourth-order valence-corrected chi connectivity index (χ4v) is 4.45. The van der Waals surface area contributed by atoms with E-state index in [1.165, 1.54) is 6.07 Å². The van der Waals surface area contributed by atoms with Crippen molar-refractivity contribution in [3.8, 4) is 5.75 Å². The molecule has 1 aromatic rings. The molecular weight excluding hydrogens is 290 g/mol. The standard InChI is InChI=1S/C15H23NO4S/c1-3-20-15-8-7-14(10-13(15)11-17)21(18,19)16-9-5-4-6-12(16)2/h7-8,10,12,17H,3-6,9,11H2,1-2H3. The summed E-state index contributed by atoms with van der Waals surface area (Å²) >= 11 is 0. The number of hydrogen-bond acceptors (Lipinski definition) is 4. The van der Waals surface area contributed by atoms with Gasteiger partial charge in [-0.1, -0.05) is 6.42 Å². The van der Waals surface area contributed by atoms with Gasteiger partial charge in [0.25, 0.3) is 0 Å². The fourth-order valence-electron chi connectivity index (χ4n) is 2.70. The molecule has 0 aromatic heterocycles. The van der Waals surface area contributed by atoms with Crippen LogP contribution in [0.3, 0.4) is 0 Å². The van der Waals surface area contributed by atoms with Gasteiger partial charge in [-0.15, -0.1) is 0 Å². The van der Waals surface area contributed by atoms with Crippen LogP contribution < -0.4 is 4.74 Å². The molecule has 0 radical (unpaired) electrons.